The predicted molar refractivity (Wildman–Crippen MR) is 94.0 cm³/mol. The number of aromatic nitrogens is 2. The number of halogens is 1. The molecule has 5 nitrogen and oxygen atoms in total. The Morgan fingerprint density at radius 1 is 1.41 bits per heavy atom. The molecule has 1 atom stereocenters. The van der Waals surface area contributed by atoms with Gasteiger partial charge >= 0.3 is 0 Å². The van der Waals surface area contributed by atoms with Crippen molar-refractivity contribution in [3.8, 4) is 0 Å². The molecular formula is C15H16ClN5S. The van der Waals surface area contributed by atoms with Crippen molar-refractivity contribution in [1.82, 2.24) is 15.3 Å². The summed E-state index contributed by atoms with van der Waals surface area (Å²) >= 11 is 7.83. The first-order valence-electron chi connectivity index (χ1n) is 7.23. The van der Waals surface area contributed by atoms with Gasteiger partial charge in [0.15, 0.2) is 5.82 Å². The standard InChI is InChI=1S/C15H16ClN5S/c1-18-9-4-5-21(7-9)14-13-12(19-15(17)20-14)10-6-8(16)2-3-11(10)22-13/h2-3,6,9,18H,4-5,7H2,1H3,(H2,17,19,20)/t9-/m0/s1. The summed E-state index contributed by atoms with van der Waals surface area (Å²) in [6, 6.07) is 6.38. The highest BCUT2D eigenvalue weighted by atomic mass is 35.5. The zero-order valence-electron chi connectivity index (χ0n) is 12.1. The molecule has 4 rings (SSSR count). The van der Waals surface area contributed by atoms with Crippen LogP contribution >= 0.6 is 22.9 Å². The van der Waals surface area contributed by atoms with E-state index in [4.69, 9.17) is 17.3 Å². The molecule has 0 spiro atoms. The first-order chi connectivity index (χ1) is 10.7. The van der Waals surface area contributed by atoms with Gasteiger partial charge in [-0.1, -0.05) is 11.6 Å². The smallest absolute Gasteiger partial charge is 0.222 e. The molecular weight excluding hydrogens is 318 g/mol. The highest BCUT2D eigenvalue weighted by molar-refractivity contribution is 7.26. The second-order valence-electron chi connectivity index (χ2n) is 5.55. The van der Waals surface area contributed by atoms with Crippen LogP contribution in [0.15, 0.2) is 18.2 Å². The molecule has 114 valence electrons. The van der Waals surface area contributed by atoms with Crippen molar-refractivity contribution in [1.29, 1.82) is 0 Å². The van der Waals surface area contributed by atoms with Crippen molar-refractivity contribution in [2.45, 2.75) is 12.5 Å². The van der Waals surface area contributed by atoms with E-state index in [2.05, 4.69) is 20.2 Å². The average Bonchev–Trinajstić information content (AvgIpc) is 3.11. The van der Waals surface area contributed by atoms with Crippen LogP contribution in [-0.4, -0.2) is 36.1 Å². The molecule has 1 aromatic carbocycles. The lowest BCUT2D eigenvalue weighted by Crippen LogP contribution is -2.30. The maximum Gasteiger partial charge on any atom is 0.222 e. The minimum atomic E-state index is 0.315. The molecule has 0 amide bonds. The zero-order chi connectivity index (χ0) is 15.3. The molecule has 1 saturated heterocycles. The minimum Gasteiger partial charge on any atom is -0.368 e. The number of anilines is 2. The lowest BCUT2D eigenvalue weighted by atomic mass is 10.2. The summed E-state index contributed by atoms with van der Waals surface area (Å²) in [4.78, 5) is 11.3. The fourth-order valence-corrected chi connectivity index (χ4v) is 4.33. The SMILES string of the molecule is CN[C@H]1CCN(c2nc(N)nc3c2sc2ccc(Cl)cc23)C1. The number of nitrogens with one attached hydrogen (secondary N) is 1. The van der Waals surface area contributed by atoms with E-state index in [0.29, 0.717) is 17.0 Å². The number of rotatable bonds is 2. The first-order valence-corrected chi connectivity index (χ1v) is 8.42. The molecule has 0 saturated carbocycles. The first kappa shape index (κ1) is 14.0. The largest absolute Gasteiger partial charge is 0.368 e. The molecule has 3 heterocycles. The maximum absolute atomic E-state index is 6.13. The summed E-state index contributed by atoms with van der Waals surface area (Å²) in [5.74, 6) is 1.26. The number of thiophene rings is 1. The summed E-state index contributed by atoms with van der Waals surface area (Å²) in [6.07, 6.45) is 1.11. The Hall–Kier alpha value is -1.63. The fourth-order valence-electron chi connectivity index (χ4n) is 3.02. The maximum atomic E-state index is 6.13. The van der Waals surface area contributed by atoms with Gasteiger partial charge in [-0.05, 0) is 31.7 Å². The van der Waals surface area contributed by atoms with E-state index in [9.17, 15) is 0 Å². The van der Waals surface area contributed by atoms with E-state index >= 15 is 0 Å². The van der Waals surface area contributed by atoms with Gasteiger partial charge in [0.25, 0.3) is 0 Å². The number of hydrogen-bond donors (Lipinski definition) is 2. The number of likely N-dealkylation sites (N-methyl/N-ethyl adjacent to an activating group) is 1. The summed E-state index contributed by atoms with van der Waals surface area (Å²) in [6.45, 7) is 1.92. The summed E-state index contributed by atoms with van der Waals surface area (Å²) in [5, 5.41) is 5.09. The van der Waals surface area contributed by atoms with Gasteiger partial charge in [-0.25, -0.2) is 4.98 Å². The lowest BCUT2D eigenvalue weighted by Gasteiger charge is -2.18. The highest BCUT2D eigenvalue weighted by Gasteiger charge is 2.25. The van der Waals surface area contributed by atoms with Gasteiger partial charge in [0.2, 0.25) is 5.95 Å². The molecule has 3 N–H and O–H groups in total. The number of fused-ring (bicyclic) bond motifs is 3. The third kappa shape index (κ3) is 2.18. The number of nitrogens with zero attached hydrogens (tertiary/aromatic N) is 3. The Bertz CT molecular complexity index is 862. The monoisotopic (exact) mass is 333 g/mol. The number of benzene rings is 1. The van der Waals surface area contributed by atoms with Crippen LogP contribution in [0, 0.1) is 0 Å². The topological polar surface area (TPSA) is 67.1 Å². The third-order valence-corrected chi connectivity index (χ3v) is 5.56. The minimum absolute atomic E-state index is 0.315. The van der Waals surface area contributed by atoms with Crippen molar-refractivity contribution in [2.75, 3.05) is 30.8 Å². The molecule has 22 heavy (non-hydrogen) atoms. The molecule has 2 aromatic heterocycles. The fraction of sp³-hybridized carbons (Fsp3) is 0.333. The van der Waals surface area contributed by atoms with E-state index in [1.807, 2.05) is 25.2 Å². The van der Waals surface area contributed by atoms with Gasteiger partial charge in [0.05, 0.1) is 10.2 Å². The van der Waals surface area contributed by atoms with Crippen molar-refractivity contribution >= 4 is 55.0 Å². The summed E-state index contributed by atoms with van der Waals surface area (Å²) in [7, 11) is 2.00. The molecule has 1 aliphatic rings. The lowest BCUT2D eigenvalue weighted by molar-refractivity contribution is 0.616. The van der Waals surface area contributed by atoms with Crippen LogP contribution < -0.4 is 16.0 Å². The Labute approximate surface area is 137 Å². The predicted octanol–water partition coefficient (Wildman–Crippen LogP) is 2.88. The summed E-state index contributed by atoms with van der Waals surface area (Å²) < 4.78 is 2.24. The second kappa shape index (κ2) is 5.22. The quantitative estimate of drug-likeness (QED) is 0.755. The Morgan fingerprint density at radius 2 is 2.27 bits per heavy atom. The number of nitrogens with two attached hydrogens (primary N) is 1. The van der Waals surface area contributed by atoms with Crippen molar-refractivity contribution in [3.05, 3.63) is 23.2 Å². The second-order valence-corrected chi connectivity index (χ2v) is 7.03. The highest BCUT2D eigenvalue weighted by Crippen LogP contribution is 2.39. The molecule has 7 heteroatoms. The van der Waals surface area contributed by atoms with E-state index < -0.39 is 0 Å². The number of nitrogen functional groups attached to an aromatic ring is 1. The molecule has 1 fully saturated rings. The van der Waals surface area contributed by atoms with Crippen molar-refractivity contribution < 1.29 is 0 Å². The van der Waals surface area contributed by atoms with Crippen LogP contribution in [0.2, 0.25) is 5.02 Å². The Morgan fingerprint density at radius 3 is 3.05 bits per heavy atom. The van der Waals surface area contributed by atoms with Crippen LogP contribution in [0.25, 0.3) is 20.3 Å². The Balaban J connectivity index is 1.93. The normalized spacial score (nSPS) is 18.6. The zero-order valence-corrected chi connectivity index (χ0v) is 13.7. The molecule has 0 aliphatic carbocycles. The van der Waals surface area contributed by atoms with Gasteiger partial charge in [0.1, 0.15) is 0 Å². The van der Waals surface area contributed by atoms with Crippen LogP contribution in [0.3, 0.4) is 0 Å². The van der Waals surface area contributed by atoms with Crippen LogP contribution in [0.1, 0.15) is 6.42 Å². The van der Waals surface area contributed by atoms with Crippen molar-refractivity contribution in [3.63, 3.8) is 0 Å². The molecule has 3 aromatic rings. The van der Waals surface area contributed by atoms with Crippen LogP contribution in [-0.2, 0) is 0 Å². The van der Waals surface area contributed by atoms with Gasteiger partial charge in [0, 0.05) is 34.2 Å². The van der Waals surface area contributed by atoms with Gasteiger partial charge in [-0.15, -0.1) is 11.3 Å². The van der Waals surface area contributed by atoms with E-state index in [1.165, 1.54) is 0 Å². The molecule has 1 aliphatic heterocycles. The van der Waals surface area contributed by atoms with E-state index in [0.717, 1.165) is 45.6 Å². The van der Waals surface area contributed by atoms with E-state index in [-0.39, 0.29) is 0 Å². The van der Waals surface area contributed by atoms with Gasteiger partial charge < -0.3 is 16.0 Å². The molecule has 0 bridgehead atoms. The molecule has 0 radical (unpaired) electrons. The molecule has 0 unspecified atom stereocenters. The average molecular weight is 334 g/mol. The van der Waals surface area contributed by atoms with E-state index in [1.54, 1.807) is 11.3 Å². The van der Waals surface area contributed by atoms with Crippen LogP contribution in [0.4, 0.5) is 11.8 Å². The third-order valence-electron chi connectivity index (χ3n) is 4.17. The number of hydrogen-bond acceptors (Lipinski definition) is 6. The summed E-state index contributed by atoms with van der Waals surface area (Å²) in [5.41, 5.74) is 6.86. The Kier molecular flexibility index (Phi) is 3.32. The van der Waals surface area contributed by atoms with Gasteiger partial charge in [-0.3, -0.25) is 0 Å². The van der Waals surface area contributed by atoms with Crippen molar-refractivity contribution in [2.24, 2.45) is 0 Å². The van der Waals surface area contributed by atoms with Crippen LogP contribution in [0.5, 0.6) is 0 Å². The van der Waals surface area contributed by atoms with Gasteiger partial charge in [-0.2, -0.15) is 4.98 Å².